The molecule has 0 aliphatic rings. The van der Waals surface area contributed by atoms with Crippen LogP contribution < -0.4 is 10.6 Å². The van der Waals surface area contributed by atoms with Crippen molar-refractivity contribution < 1.29 is 9.18 Å². The molecule has 2 aromatic carbocycles. The van der Waals surface area contributed by atoms with Crippen LogP contribution in [0.5, 0.6) is 0 Å². The molecule has 0 saturated carbocycles. The van der Waals surface area contributed by atoms with E-state index < -0.39 is 5.82 Å². The van der Waals surface area contributed by atoms with E-state index in [2.05, 4.69) is 10.6 Å². The quantitative estimate of drug-likeness (QED) is 0.869. The van der Waals surface area contributed by atoms with Crippen LogP contribution in [0.4, 0.5) is 15.8 Å². The molecular weight excluding hydrogens is 314 g/mol. The van der Waals surface area contributed by atoms with Crippen molar-refractivity contribution in [2.75, 3.05) is 17.2 Å². The van der Waals surface area contributed by atoms with E-state index in [-0.39, 0.29) is 23.2 Å². The average Bonchev–Trinajstić information content (AvgIpc) is 2.45. The lowest BCUT2D eigenvalue weighted by atomic mass is 10.2. The highest BCUT2D eigenvalue weighted by atomic mass is 35.5. The molecule has 0 aromatic heterocycles. The Hall–Kier alpha value is -1.78. The van der Waals surface area contributed by atoms with E-state index in [4.69, 9.17) is 23.2 Å². The fourth-order valence-corrected chi connectivity index (χ4v) is 2.10. The van der Waals surface area contributed by atoms with Crippen LogP contribution in [-0.2, 0) is 4.79 Å². The molecule has 0 saturated heterocycles. The molecule has 6 heteroatoms. The Kier molecular flexibility index (Phi) is 5.04. The first-order chi connectivity index (χ1) is 9.99. The zero-order valence-electron chi connectivity index (χ0n) is 11.2. The summed E-state index contributed by atoms with van der Waals surface area (Å²) in [6.45, 7) is 1.73. The molecule has 110 valence electrons. The Bertz CT molecular complexity index is 677. The SMILES string of the molecule is Cc1c(Cl)cccc1NC(=O)CNc1cccc(Cl)c1F. The Balaban J connectivity index is 1.99. The lowest BCUT2D eigenvalue weighted by Gasteiger charge is -2.11. The number of nitrogens with one attached hydrogen (secondary N) is 2. The van der Waals surface area contributed by atoms with Crippen molar-refractivity contribution in [1.82, 2.24) is 0 Å². The van der Waals surface area contributed by atoms with E-state index in [0.717, 1.165) is 5.56 Å². The van der Waals surface area contributed by atoms with Crippen LogP contribution in [0.2, 0.25) is 10.0 Å². The number of carbonyl (C=O) groups excluding carboxylic acids is 1. The molecule has 0 heterocycles. The average molecular weight is 327 g/mol. The summed E-state index contributed by atoms with van der Waals surface area (Å²) < 4.78 is 13.7. The van der Waals surface area contributed by atoms with Gasteiger partial charge in [0, 0.05) is 10.7 Å². The monoisotopic (exact) mass is 326 g/mol. The van der Waals surface area contributed by atoms with Crippen LogP contribution in [0.25, 0.3) is 0 Å². The van der Waals surface area contributed by atoms with Gasteiger partial charge in [0.1, 0.15) is 0 Å². The molecule has 0 aliphatic heterocycles. The lowest BCUT2D eigenvalue weighted by molar-refractivity contribution is -0.114. The Morgan fingerprint density at radius 2 is 1.71 bits per heavy atom. The second kappa shape index (κ2) is 6.78. The highest BCUT2D eigenvalue weighted by molar-refractivity contribution is 6.32. The summed E-state index contributed by atoms with van der Waals surface area (Å²) in [4.78, 5) is 11.9. The predicted octanol–water partition coefficient (Wildman–Crippen LogP) is 4.49. The minimum Gasteiger partial charge on any atom is -0.374 e. The third-order valence-corrected chi connectivity index (χ3v) is 3.63. The fourth-order valence-electron chi connectivity index (χ4n) is 1.75. The molecule has 2 N–H and O–H groups in total. The molecule has 21 heavy (non-hydrogen) atoms. The molecule has 0 bridgehead atoms. The van der Waals surface area contributed by atoms with Crippen molar-refractivity contribution in [2.24, 2.45) is 0 Å². The second-order valence-corrected chi connectivity index (χ2v) is 5.23. The van der Waals surface area contributed by atoms with Gasteiger partial charge in [-0.15, -0.1) is 0 Å². The number of hydrogen-bond donors (Lipinski definition) is 2. The van der Waals surface area contributed by atoms with Gasteiger partial charge >= 0.3 is 0 Å². The molecule has 2 rings (SSSR count). The van der Waals surface area contributed by atoms with E-state index in [9.17, 15) is 9.18 Å². The van der Waals surface area contributed by atoms with E-state index in [1.165, 1.54) is 12.1 Å². The van der Waals surface area contributed by atoms with Crippen molar-refractivity contribution in [3.8, 4) is 0 Å². The van der Waals surface area contributed by atoms with Gasteiger partial charge in [-0.05, 0) is 36.8 Å². The molecular formula is C15H13Cl2FN2O. The summed E-state index contributed by atoms with van der Waals surface area (Å²) in [6, 6.07) is 9.80. The number of hydrogen-bond acceptors (Lipinski definition) is 2. The molecule has 0 aliphatic carbocycles. The van der Waals surface area contributed by atoms with Crippen molar-refractivity contribution in [2.45, 2.75) is 6.92 Å². The molecule has 3 nitrogen and oxygen atoms in total. The topological polar surface area (TPSA) is 41.1 Å². The van der Waals surface area contributed by atoms with E-state index in [1.807, 2.05) is 6.92 Å². The van der Waals surface area contributed by atoms with Gasteiger partial charge < -0.3 is 10.6 Å². The third kappa shape index (κ3) is 3.86. The largest absolute Gasteiger partial charge is 0.374 e. The van der Waals surface area contributed by atoms with E-state index in [0.29, 0.717) is 10.7 Å². The van der Waals surface area contributed by atoms with Crippen LogP contribution in [-0.4, -0.2) is 12.5 Å². The lowest BCUT2D eigenvalue weighted by Crippen LogP contribution is -2.22. The van der Waals surface area contributed by atoms with Crippen molar-refractivity contribution in [3.63, 3.8) is 0 Å². The zero-order valence-corrected chi connectivity index (χ0v) is 12.7. The number of benzene rings is 2. The van der Waals surface area contributed by atoms with Gasteiger partial charge in [-0.3, -0.25) is 4.79 Å². The number of amides is 1. The highest BCUT2D eigenvalue weighted by Crippen LogP contribution is 2.23. The normalized spacial score (nSPS) is 10.3. The fraction of sp³-hybridized carbons (Fsp3) is 0.133. The van der Waals surface area contributed by atoms with Gasteiger partial charge in [-0.2, -0.15) is 0 Å². The first-order valence-electron chi connectivity index (χ1n) is 6.22. The summed E-state index contributed by atoms with van der Waals surface area (Å²) in [5.41, 5.74) is 1.59. The highest BCUT2D eigenvalue weighted by Gasteiger charge is 2.09. The van der Waals surface area contributed by atoms with Crippen molar-refractivity contribution in [1.29, 1.82) is 0 Å². The van der Waals surface area contributed by atoms with Crippen molar-refractivity contribution >= 4 is 40.5 Å². The first-order valence-corrected chi connectivity index (χ1v) is 6.97. The second-order valence-electron chi connectivity index (χ2n) is 4.42. The smallest absolute Gasteiger partial charge is 0.243 e. The molecule has 1 amide bonds. The minimum atomic E-state index is -0.578. The minimum absolute atomic E-state index is 0.00564. The predicted molar refractivity (Wildman–Crippen MR) is 84.7 cm³/mol. The zero-order chi connectivity index (χ0) is 15.4. The van der Waals surface area contributed by atoms with Gasteiger partial charge in [0.15, 0.2) is 5.82 Å². The molecule has 0 spiro atoms. The maximum Gasteiger partial charge on any atom is 0.243 e. The molecule has 0 unspecified atom stereocenters. The first kappa shape index (κ1) is 15.6. The Morgan fingerprint density at radius 3 is 2.43 bits per heavy atom. The van der Waals surface area contributed by atoms with Crippen LogP contribution in [0.3, 0.4) is 0 Å². The Labute approximate surface area is 132 Å². The molecule has 2 aromatic rings. The summed E-state index contributed by atoms with van der Waals surface area (Å²) in [7, 11) is 0. The van der Waals surface area contributed by atoms with Crippen molar-refractivity contribution in [3.05, 3.63) is 57.8 Å². The number of anilines is 2. The van der Waals surface area contributed by atoms with E-state index in [1.54, 1.807) is 24.3 Å². The number of rotatable bonds is 4. The maximum atomic E-state index is 13.7. The van der Waals surface area contributed by atoms with Crippen LogP contribution >= 0.6 is 23.2 Å². The third-order valence-electron chi connectivity index (χ3n) is 2.93. The van der Waals surface area contributed by atoms with Gasteiger partial charge in [0.05, 0.1) is 17.3 Å². The van der Waals surface area contributed by atoms with Gasteiger partial charge in [0.2, 0.25) is 5.91 Å². The molecule has 0 atom stereocenters. The maximum absolute atomic E-state index is 13.7. The summed E-state index contributed by atoms with van der Waals surface area (Å²) in [6.07, 6.45) is 0. The summed E-state index contributed by atoms with van der Waals surface area (Å²) >= 11 is 11.6. The van der Waals surface area contributed by atoms with Gasteiger partial charge in [0.25, 0.3) is 0 Å². The van der Waals surface area contributed by atoms with Gasteiger partial charge in [-0.25, -0.2) is 4.39 Å². The summed E-state index contributed by atoms with van der Waals surface area (Å²) in [5, 5.41) is 5.99. The number of carbonyl (C=O) groups is 1. The molecule has 0 fully saturated rings. The molecule has 0 radical (unpaired) electrons. The van der Waals surface area contributed by atoms with Gasteiger partial charge in [-0.1, -0.05) is 35.3 Å². The number of halogens is 3. The van der Waals surface area contributed by atoms with Crippen LogP contribution in [0.15, 0.2) is 36.4 Å². The standard InChI is InChI=1S/C15H13Cl2FN2O/c1-9-10(16)4-2-6-12(9)20-14(21)8-19-13-7-3-5-11(17)15(13)18/h2-7,19H,8H2,1H3,(H,20,21). The van der Waals surface area contributed by atoms with E-state index >= 15 is 0 Å². The Morgan fingerprint density at radius 1 is 1.10 bits per heavy atom. The van der Waals surface area contributed by atoms with Crippen LogP contribution in [0, 0.1) is 12.7 Å². The van der Waals surface area contributed by atoms with Crippen LogP contribution in [0.1, 0.15) is 5.56 Å². The summed E-state index contributed by atoms with van der Waals surface area (Å²) in [5.74, 6) is -0.884.